The summed E-state index contributed by atoms with van der Waals surface area (Å²) >= 11 is 0.328. The molecular formula is C20H13N3Se. The molecular weight excluding hydrogens is 361 g/mol. The van der Waals surface area contributed by atoms with Crippen molar-refractivity contribution in [2.24, 2.45) is 0 Å². The first-order chi connectivity index (χ1) is 11.8. The molecule has 5 rings (SSSR count). The molecule has 2 aliphatic rings. The van der Waals surface area contributed by atoms with E-state index < -0.39 is 0 Å². The Bertz CT molecular complexity index is 1070. The Labute approximate surface area is 144 Å². The molecule has 0 aromatic carbocycles. The molecule has 0 radical (unpaired) electrons. The zero-order chi connectivity index (χ0) is 15.9. The standard InChI is InChI=1S/C20H13N3Se/c1-2-14-10-16-4-6-18(23-16)12-20-8-7-19(24-20)11-17-5-3-15(22-17)9-13(1)21-14/h1-12,22H. The van der Waals surface area contributed by atoms with Gasteiger partial charge < -0.3 is 0 Å². The number of fused-ring (bicyclic) bond motifs is 8. The molecule has 1 N–H and O–H groups in total. The van der Waals surface area contributed by atoms with Crippen LogP contribution in [0.1, 0.15) is 22.8 Å². The van der Waals surface area contributed by atoms with Gasteiger partial charge in [-0.15, -0.1) is 0 Å². The zero-order valence-electron chi connectivity index (χ0n) is 12.7. The summed E-state index contributed by atoms with van der Waals surface area (Å²) in [4.78, 5) is 12.7. The van der Waals surface area contributed by atoms with E-state index in [2.05, 4.69) is 63.5 Å². The molecule has 3 aromatic heterocycles. The molecule has 8 bridgehead atoms. The number of hydrogen-bond acceptors (Lipinski definition) is 2. The van der Waals surface area contributed by atoms with Crippen molar-refractivity contribution >= 4 is 58.4 Å². The molecule has 5 heterocycles. The number of hydrogen-bond donors (Lipinski definition) is 1. The summed E-state index contributed by atoms with van der Waals surface area (Å²) in [6.45, 7) is 0. The quantitative estimate of drug-likeness (QED) is 0.409. The fourth-order valence-corrected chi connectivity index (χ4v) is 4.75. The van der Waals surface area contributed by atoms with Crippen molar-refractivity contribution in [2.45, 2.75) is 0 Å². The van der Waals surface area contributed by atoms with Gasteiger partial charge in [-0.2, -0.15) is 0 Å². The summed E-state index contributed by atoms with van der Waals surface area (Å²) < 4.78 is 2.71. The summed E-state index contributed by atoms with van der Waals surface area (Å²) in [5.74, 6) is 0. The predicted octanol–water partition coefficient (Wildman–Crippen LogP) is 4.38. The van der Waals surface area contributed by atoms with Crippen LogP contribution in [0, 0.1) is 0 Å². The number of nitrogens with zero attached hydrogens (tertiary/aromatic N) is 2. The van der Waals surface area contributed by atoms with Crippen LogP contribution >= 0.6 is 0 Å². The number of aromatic amines is 1. The van der Waals surface area contributed by atoms with Crippen molar-refractivity contribution in [2.75, 3.05) is 0 Å². The molecule has 0 amide bonds. The van der Waals surface area contributed by atoms with Gasteiger partial charge in [0.1, 0.15) is 0 Å². The maximum absolute atomic E-state index is 4.67. The van der Waals surface area contributed by atoms with Gasteiger partial charge in [-0.25, -0.2) is 0 Å². The van der Waals surface area contributed by atoms with Crippen molar-refractivity contribution in [3.05, 3.63) is 71.3 Å². The monoisotopic (exact) mass is 375 g/mol. The van der Waals surface area contributed by atoms with Gasteiger partial charge in [0.05, 0.1) is 0 Å². The topological polar surface area (TPSA) is 41.6 Å². The Morgan fingerprint density at radius 2 is 1.12 bits per heavy atom. The van der Waals surface area contributed by atoms with Crippen molar-refractivity contribution < 1.29 is 0 Å². The van der Waals surface area contributed by atoms with E-state index in [0.29, 0.717) is 14.5 Å². The Kier molecular flexibility index (Phi) is 3.12. The van der Waals surface area contributed by atoms with Crippen LogP contribution in [-0.4, -0.2) is 29.5 Å². The Morgan fingerprint density at radius 1 is 0.583 bits per heavy atom. The number of rotatable bonds is 0. The number of H-pyrrole nitrogens is 1. The summed E-state index contributed by atoms with van der Waals surface area (Å²) in [7, 11) is 0. The first kappa shape index (κ1) is 13.7. The normalized spacial score (nSPS) is 12.7. The second kappa shape index (κ2) is 5.45. The summed E-state index contributed by atoms with van der Waals surface area (Å²) in [6.07, 6.45) is 8.16. The molecule has 24 heavy (non-hydrogen) atoms. The van der Waals surface area contributed by atoms with Crippen LogP contribution < -0.4 is 0 Å². The molecule has 0 unspecified atom stereocenters. The zero-order valence-corrected chi connectivity index (χ0v) is 14.4. The Hall–Kier alpha value is -2.68. The third-order valence-electron chi connectivity index (χ3n) is 3.93. The van der Waals surface area contributed by atoms with Gasteiger partial charge in [-0.3, -0.25) is 0 Å². The molecule has 0 saturated carbocycles. The fraction of sp³-hybridized carbons (Fsp3) is 0. The van der Waals surface area contributed by atoms with Gasteiger partial charge in [-0.05, 0) is 0 Å². The fourth-order valence-electron chi connectivity index (χ4n) is 2.84. The van der Waals surface area contributed by atoms with Crippen LogP contribution in [0.5, 0.6) is 0 Å². The van der Waals surface area contributed by atoms with Crippen molar-refractivity contribution in [3.8, 4) is 0 Å². The molecule has 3 nitrogen and oxygen atoms in total. The van der Waals surface area contributed by atoms with E-state index >= 15 is 0 Å². The van der Waals surface area contributed by atoms with E-state index in [1.807, 2.05) is 24.3 Å². The van der Waals surface area contributed by atoms with E-state index in [1.165, 1.54) is 8.52 Å². The minimum absolute atomic E-state index is 0.328. The van der Waals surface area contributed by atoms with Gasteiger partial charge in [0.2, 0.25) is 0 Å². The summed E-state index contributed by atoms with van der Waals surface area (Å²) in [5.41, 5.74) is 6.04. The second-order valence-electron chi connectivity index (χ2n) is 5.78. The molecule has 3 aromatic rings. The molecule has 0 atom stereocenters. The van der Waals surface area contributed by atoms with Gasteiger partial charge in [0, 0.05) is 0 Å². The van der Waals surface area contributed by atoms with Gasteiger partial charge in [0.15, 0.2) is 0 Å². The SMILES string of the molecule is C1=Cc2cc3ccc(cc4ccc(cc5nc(cc1n2)C=C5)[se]4)[nH]3. The third kappa shape index (κ3) is 2.67. The van der Waals surface area contributed by atoms with Gasteiger partial charge in [-0.1, -0.05) is 0 Å². The van der Waals surface area contributed by atoms with Crippen LogP contribution in [0.2, 0.25) is 0 Å². The number of nitrogens with one attached hydrogen (secondary N) is 1. The van der Waals surface area contributed by atoms with Crippen LogP contribution in [0.4, 0.5) is 0 Å². The third-order valence-corrected chi connectivity index (χ3v) is 5.99. The predicted molar refractivity (Wildman–Crippen MR) is 101 cm³/mol. The average Bonchev–Trinajstić information content (AvgIpc) is 3.32. The van der Waals surface area contributed by atoms with Crippen LogP contribution in [0.15, 0.2) is 48.5 Å². The Balaban J connectivity index is 1.85. The number of aromatic nitrogens is 3. The van der Waals surface area contributed by atoms with E-state index in [4.69, 9.17) is 0 Å². The van der Waals surface area contributed by atoms with Crippen LogP contribution in [0.3, 0.4) is 0 Å². The summed E-state index contributed by atoms with van der Waals surface area (Å²) in [6, 6.07) is 17.1. The van der Waals surface area contributed by atoms with E-state index in [-0.39, 0.29) is 0 Å². The van der Waals surface area contributed by atoms with E-state index in [0.717, 1.165) is 33.8 Å². The maximum atomic E-state index is 4.67. The molecule has 0 spiro atoms. The molecule has 2 aliphatic heterocycles. The Morgan fingerprint density at radius 3 is 1.83 bits per heavy atom. The average molecular weight is 374 g/mol. The molecule has 0 saturated heterocycles. The first-order valence-electron chi connectivity index (χ1n) is 7.75. The van der Waals surface area contributed by atoms with Crippen LogP contribution in [-0.2, 0) is 0 Å². The minimum atomic E-state index is 0.328. The molecule has 0 aliphatic carbocycles. The van der Waals surface area contributed by atoms with Crippen LogP contribution in [0.25, 0.3) is 43.9 Å². The van der Waals surface area contributed by atoms with Crippen molar-refractivity contribution in [1.82, 2.24) is 15.0 Å². The second-order valence-corrected chi connectivity index (χ2v) is 8.18. The molecule has 4 heteroatoms. The summed E-state index contributed by atoms with van der Waals surface area (Å²) in [5, 5.41) is 0. The molecule has 0 fully saturated rings. The van der Waals surface area contributed by atoms with Crippen molar-refractivity contribution in [1.29, 1.82) is 0 Å². The molecule has 114 valence electrons. The van der Waals surface area contributed by atoms with E-state index in [1.54, 1.807) is 0 Å². The van der Waals surface area contributed by atoms with Gasteiger partial charge >= 0.3 is 145 Å². The van der Waals surface area contributed by atoms with Crippen molar-refractivity contribution in [3.63, 3.8) is 0 Å². The van der Waals surface area contributed by atoms with Gasteiger partial charge in [0.25, 0.3) is 0 Å². The first-order valence-corrected chi connectivity index (χ1v) is 9.47. The van der Waals surface area contributed by atoms with E-state index in [9.17, 15) is 0 Å².